The highest BCUT2D eigenvalue weighted by atomic mass is 32.1. The van der Waals surface area contributed by atoms with Gasteiger partial charge in [-0.15, -0.1) is 11.3 Å². The molecule has 0 saturated carbocycles. The van der Waals surface area contributed by atoms with Crippen LogP contribution in [0, 0.1) is 6.92 Å². The first-order valence-corrected chi connectivity index (χ1v) is 9.03. The summed E-state index contributed by atoms with van der Waals surface area (Å²) in [6, 6.07) is 5.84. The molecule has 1 aliphatic heterocycles. The first-order chi connectivity index (χ1) is 11.5. The Morgan fingerprint density at radius 2 is 2.12 bits per heavy atom. The molecule has 0 bridgehead atoms. The second kappa shape index (κ2) is 7.21. The molecule has 0 aromatic carbocycles. The maximum absolute atomic E-state index is 12.4. The average Bonchev–Trinajstić information content (AvgIpc) is 3.20. The Morgan fingerprint density at radius 3 is 2.88 bits per heavy atom. The van der Waals surface area contributed by atoms with E-state index in [4.69, 9.17) is 4.42 Å². The van der Waals surface area contributed by atoms with Crippen LogP contribution in [0.5, 0.6) is 0 Å². The normalized spacial score (nSPS) is 13.7. The van der Waals surface area contributed by atoms with E-state index in [1.165, 1.54) is 10.4 Å². The molecule has 3 heterocycles. The van der Waals surface area contributed by atoms with Crippen LogP contribution in [0.1, 0.15) is 34.8 Å². The van der Waals surface area contributed by atoms with Crippen LogP contribution in [-0.2, 0) is 29.1 Å². The second-order valence-electron chi connectivity index (χ2n) is 6.20. The van der Waals surface area contributed by atoms with Gasteiger partial charge in [-0.2, -0.15) is 0 Å². The number of hydrogen-bond acceptors (Lipinski definition) is 4. The van der Waals surface area contributed by atoms with Gasteiger partial charge in [0.15, 0.2) is 0 Å². The van der Waals surface area contributed by atoms with Crippen LogP contribution in [0.3, 0.4) is 0 Å². The van der Waals surface area contributed by atoms with Gasteiger partial charge in [0.2, 0.25) is 11.8 Å². The van der Waals surface area contributed by atoms with E-state index < -0.39 is 0 Å². The zero-order valence-electron chi connectivity index (χ0n) is 14.1. The smallest absolute Gasteiger partial charge is 0.223 e. The number of carbonyl (C=O) groups is 2. The van der Waals surface area contributed by atoms with Crippen LogP contribution in [0.4, 0.5) is 0 Å². The van der Waals surface area contributed by atoms with Gasteiger partial charge in [0.05, 0.1) is 6.54 Å². The second-order valence-corrected chi connectivity index (χ2v) is 7.20. The molecule has 0 aliphatic carbocycles. The van der Waals surface area contributed by atoms with Crippen molar-refractivity contribution in [2.45, 2.75) is 39.3 Å². The van der Waals surface area contributed by atoms with Gasteiger partial charge < -0.3 is 14.2 Å². The van der Waals surface area contributed by atoms with E-state index in [1.807, 2.05) is 24.0 Å². The lowest BCUT2D eigenvalue weighted by atomic mass is 10.1. The highest BCUT2D eigenvalue weighted by molar-refractivity contribution is 7.10. The van der Waals surface area contributed by atoms with Crippen LogP contribution in [0.25, 0.3) is 0 Å². The van der Waals surface area contributed by atoms with Crippen LogP contribution in [0.15, 0.2) is 28.0 Å². The standard InChI is InChI=1S/C18H22N2O3S/c1-13-3-4-15(23-13)12-19(2)17(21)5-6-18(22)20-9-7-16-14(11-20)8-10-24-16/h3-4,8,10H,5-7,9,11-12H2,1-2H3. The molecule has 2 aromatic heterocycles. The molecule has 128 valence electrons. The maximum Gasteiger partial charge on any atom is 0.223 e. The summed E-state index contributed by atoms with van der Waals surface area (Å²) < 4.78 is 5.48. The minimum Gasteiger partial charge on any atom is -0.464 e. The molecule has 2 amide bonds. The van der Waals surface area contributed by atoms with Gasteiger partial charge in [-0.1, -0.05) is 0 Å². The molecule has 0 N–H and O–H groups in total. The zero-order chi connectivity index (χ0) is 17.1. The van der Waals surface area contributed by atoms with Crippen molar-refractivity contribution >= 4 is 23.2 Å². The first kappa shape index (κ1) is 16.8. The summed E-state index contributed by atoms with van der Waals surface area (Å²) in [7, 11) is 1.74. The molecule has 2 aromatic rings. The molecule has 0 unspecified atom stereocenters. The molecule has 0 radical (unpaired) electrons. The molecule has 5 nitrogen and oxygen atoms in total. The van der Waals surface area contributed by atoms with Crippen molar-refractivity contribution in [2.75, 3.05) is 13.6 Å². The largest absolute Gasteiger partial charge is 0.464 e. The number of amides is 2. The van der Waals surface area contributed by atoms with Crippen molar-refractivity contribution in [1.29, 1.82) is 0 Å². The van der Waals surface area contributed by atoms with E-state index in [9.17, 15) is 9.59 Å². The van der Waals surface area contributed by atoms with E-state index in [1.54, 1.807) is 23.3 Å². The SMILES string of the molecule is Cc1ccc(CN(C)C(=O)CCC(=O)N2CCc3sccc3C2)o1. The molecule has 1 aliphatic rings. The first-order valence-electron chi connectivity index (χ1n) is 8.15. The van der Waals surface area contributed by atoms with Crippen molar-refractivity contribution in [3.63, 3.8) is 0 Å². The number of carbonyl (C=O) groups excluding carboxylic acids is 2. The summed E-state index contributed by atoms with van der Waals surface area (Å²) in [5.74, 6) is 1.61. The van der Waals surface area contributed by atoms with Crippen LogP contribution in [-0.4, -0.2) is 35.2 Å². The number of aryl methyl sites for hydroxylation is 1. The van der Waals surface area contributed by atoms with Crippen molar-refractivity contribution in [3.05, 3.63) is 45.5 Å². The van der Waals surface area contributed by atoms with Gasteiger partial charge in [0.1, 0.15) is 11.5 Å². The fraction of sp³-hybridized carbons (Fsp3) is 0.444. The Kier molecular flexibility index (Phi) is 5.04. The lowest BCUT2D eigenvalue weighted by Crippen LogP contribution is -2.36. The molecule has 0 saturated heterocycles. The van der Waals surface area contributed by atoms with E-state index in [2.05, 4.69) is 11.4 Å². The van der Waals surface area contributed by atoms with Gasteiger partial charge in [-0.3, -0.25) is 9.59 Å². The molecule has 3 rings (SSSR count). The number of furan rings is 1. The third kappa shape index (κ3) is 3.87. The van der Waals surface area contributed by atoms with Gasteiger partial charge in [-0.05, 0) is 42.5 Å². The Morgan fingerprint density at radius 1 is 1.29 bits per heavy atom. The minimum atomic E-state index is -0.0364. The van der Waals surface area contributed by atoms with E-state index >= 15 is 0 Å². The van der Waals surface area contributed by atoms with Crippen LogP contribution in [0.2, 0.25) is 0 Å². The predicted octanol–water partition coefficient (Wildman–Crippen LogP) is 2.97. The Balaban J connectivity index is 1.46. The Labute approximate surface area is 145 Å². The molecule has 6 heteroatoms. The molecular formula is C18H22N2O3S. The average molecular weight is 346 g/mol. The van der Waals surface area contributed by atoms with Gasteiger partial charge in [0.25, 0.3) is 0 Å². The monoisotopic (exact) mass is 346 g/mol. The third-order valence-corrected chi connectivity index (χ3v) is 5.35. The highest BCUT2D eigenvalue weighted by Gasteiger charge is 2.22. The molecule has 0 fully saturated rings. The number of rotatable bonds is 5. The fourth-order valence-electron chi connectivity index (χ4n) is 2.92. The van der Waals surface area contributed by atoms with Crippen molar-refractivity contribution in [1.82, 2.24) is 9.80 Å². The zero-order valence-corrected chi connectivity index (χ0v) is 14.9. The molecule has 0 atom stereocenters. The molecular weight excluding hydrogens is 324 g/mol. The van der Waals surface area contributed by atoms with E-state index in [0.29, 0.717) is 13.1 Å². The number of fused-ring (bicyclic) bond motifs is 1. The van der Waals surface area contributed by atoms with Gasteiger partial charge in [0, 0.05) is 37.9 Å². The third-order valence-electron chi connectivity index (χ3n) is 4.33. The lowest BCUT2D eigenvalue weighted by molar-refractivity contribution is -0.137. The van der Waals surface area contributed by atoms with E-state index in [-0.39, 0.29) is 24.7 Å². The van der Waals surface area contributed by atoms with Gasteiger partial charge in [-0.25, -0.2) is 0 Å². The summed E-state index contributed by atoms with van der Waals surface area (Å²) >= 11 is 1.76. The topological polar surface area (TPSA) is 53.8 Å². The Bertz CT molecular complexity index is 734. The highest BCUT2D eigenvalue weighted by Crippen LogP contribution is 2.24. The maximum atomic E-state index is 12.4. The summed E-state index contributed by atoms with van der Waals surface area (Å²) in [6.45, 7) is 3.74. The number of hydrogen-bond donors (Lipinski definition) is 0. The Hall–Kier alpha value is -2.08. The summed E-state index contributed by atoms with van der Waals surface area (Å²) in [5, 5.41) is 2.08. The summed E-state index contributed by atoms with van der Waals surface area (Å²) in [6.07, 6.45) is 1.42. The lowest BCUT2D eigenvalue weighted by Gasteiger charge is -2.27. The minimum absolute atomic E-state index is 0.0364. The van der Waals surface area contributed by atoms with Crippen LogP contribution < -0.4 is 0 Å². The summed E-state index contributed by atoms with van der Waals surface area (Å²) in [5.41, 5.74) is 1.25. The quantitative estimate of drug-likeness (QED) is 0.836. The van der Waals surface area contributed by atoms with Crippen molar-refractivity contribution in [3.8, 4) is 0 Å². The van der Waals surface area contributed by atoms with Crippen LogP contribution >= 0.6 is 11.3 Å². The van der Waals surface area contributed by atoms with E-state index in [0.717, 1.165) is 24.5 Å². The molecule has 0 spiro atoms. The van der Waals surface area contributed by atoms with Crippen molar-refractivity contribution < 1.29 is 14.0 Å². The number of nitrogens with zero attached hydrogens (tertiary/aromatic N) is 2. The van der Waals surface area contributed by atoms with Crippen molar-refractivity contribution in [2.24, 2.45) is 0 Å². The fourth-order valence-corrected chi connectivity index (χ4v) is 3.81. The summed E-state index contributed by atoms with van der Waals surface area (Å²) in [4.78, 5) is 29.4. The molecule has 24 heavy (non-hydrogen) atoms. The van der Waals surface area contributed by atoms with Gasteiger partial charge >= 0.3 is 0 Å². The number of thiophene rings is 1. The predicted molar refractivity (Wildman–Crippen MR) is 92.6 cm³/mol.